The topological polar surface area (TPSA) is 28.7 Å². The zero-order valence-corrected chi connectivity index (χ0v) is 7.35. The summed E-state index contributed by atoms with van der Waals surface area (Å²) in [6.45, 7) is 0. The van der Waals surface area contributed by atoms with Crippen LogP contribution < -0.4 is 0 Å². The highest BCUT2D eigenvalue weighted by Gasteiger charge is 2.14. The molecule has 1 heterocycles. The number of hydrogen-bond acceptors (Lipinski definition) is 2. The predicted octanol–water partition coefficient (Wildman–Crippen LogP) is 2.79. The third kappa shape index (κ3) is 1.29. The van der Waals surface area contributed by atoms with Gasteiger partial charge in [-0.15, -0.1) is 12.6 Å². The van der Waals surface area contributed by atoms with Crippen molar-refractivity contribution in [2.45, 2.75) is 11.3 Å². The predicted molar refractivity (Wildman–Crippen MR) is 48.3 cm³/mol. The molecule has 0 fully saturated rings. The molecule has 0 saturated heterocycles. The minimum absolute atomic E-state index is 0.0611. The van der Waals surface area contributed by atoms with Gasteiger partial charge in [-0.2, -0.15) is 0 Å². The van der Waals surface area contributed by atoms with Gasteiger partial charge in [-0.3, -0.25) is 0 Å². The minimum Gasteiger partial charge on any atom is -0.344 e. The second-order valence-electron chi connectivity index (χ2n) is 2.60. The molecule has 0 unspecified atom stereocenters. The molecule has 0 aliphatic carbocycles. The van der Waals surface area contributed by atoms with Gasteiger partial charge in [0.05, 0.1) is 17.4 Å². The lowest BCUT2D eigenvalue weighted by molar-refractivity contribution is 0.153. The molecule has 2 rings (SSSR count). The van der Waals surface area contributed by atoms with Crippen molar-refractivity contribution in [1.82, 2.24) is 9.97 Å². The number of nitrogens with zero attached hydrogens (tertiary/aromatic N) is 1. The number of rotatable bonds is 1. The number of aromatic amines is 1. The van der Waals surface area contributed by atoms with E-state index in [1.165, 1.54) is 18.5 Å². The molecule has 68 valence electrons. The van der Waals surface area contributed by atoms with E-state index in [0.717, 1.165) is 0 Å². The van der Waals surface area contributed by atoms with E-state index in [1.54, 1.807) is 0 Å². The maximum absolute atomic E-state index is 12.4. The second kappa shape index (κ2) is 2.99. The molecule has 0 aliphatic rings. The van der Waals surface area contributed by atoms with Crippen LogP contribution in [0.5, 0.6) is 0 Å². The van der Waals surface area contributed by atoms with Gasteiger partial charge >= 0.3 is 0 Å². The molecule has 1 aromatic carbocycles. The molecule has 13 heavy (non-hydrogen) atoms. The largest absolute Gasteiger partial charge is 0.344 e. The first-order valence-corrected chi connectivity index (χ1v) is 4.08. The molecule has 5 heteroatoms. The molecule has 2 nitrogen and oxygen atoms in total. The number of thiol groups is 1. The Balaban J connectivity index is 2.78. The monoisotopic (exact) mass is 200 g/mol. The molecule has 0 radical (unpaired) electrons. The van der Waals surface area contributed by atoms with Crippen LogP contribution in [0.15, 0.2) is 23.4 Å². The summed E-state index contributed by atoms with van der Waals surface area (Å²) in [6, 6.07) is 2.88. The first kappa shape index (κ1) is 8.50. The average molecular weight is 200 g/mol. The summed E-state index contributed by atoms with van der Waals surface area (Å²) in [7, 11) is 0. The van der Waals surface area contributed by atoms with Crippen LogP contribution in [-0.4, -0.2) is 9.97 Å². The van der Waals surface area contributed by atoms with Crippen molar-refractivity contribution in [3.63, 3.8) is 0 Å². The highest BCUT2D eigenvalue weighted by atomic mass is 32.1. The first-order chi connectivity index (χ1) is 6.20. The van der Waals surface area contributed by atoms with Crippen LogP contribution in [0.2, 0.25) is 0 Å². The van der Waals surface area contributed by atoms with E-state index < -0.39 is 6.43 Å². The van der Waals surface area contributed by atoms with Crippen molar-refractivity contribution in [3.05, 3.63) is 24.0 Å². The van der Waals surface area contributed by atoms with Gasteiger partial charge in [-0.1, -0.05) is 0 Å². The molecule has 2 aromatic rings. The Bertz CT molecular complexity index is 439. The summed E-state index contributed by atoms with van der Waals surface area (Å²) in [6.07, 6.45) is -1.12. The molecule has 0 bridgehead atoms. The van der Waals surface area contributed by atoms with Crippen molar-refractivity contribution in [3.8, 4) is 0 Å². The number of halogens is 2. The molecule has 0 aliphatic heterocycles. The van der Waals surface area contributed by atoms with Gasteiger partial charge < -0.3 is 4.98 Å². The fraction of sp³-hybridized carbons (Fsp3) is 0.125. The standard InChI is InChI=1S/C8H6F2N2S/c9-8(10)4-1-2-5(13)7-6(4)11-3-12-7/h1-3,8,13H,(H,11,12). The van der Waals surface area contributed by atoms with Crippen LogP contribution in [0.1, 0.15) is 12.0 Å². The van der Waals surface area contributed by atoms with Crippen molar-refractivity contribution >= 4 is 23.7 Å². The normalized spacial score (nSPS) is 11.4. The van der Waals surface area contributed by atoms with Gasteiger partial charge in [0.15, 0.2) is 0 Å². The summed E-state index contributed by atoms with van der Waals surface area (Å²) < 4.78 is 24.9. The van der Waals surface area contributed by atoms with E-state index in [0.29, 0.717) is 15.9 Å². The molecule has 1 N–H and O–H groups in total. The maximum Gasteiger partial charge on any atom is 0.266 e. The van der Waals surface area contributed by atoms with Crippen molar-refractivity contribution < 1.29 is 8.78 Å². The Morgan fingerprint density at radius 3 is 2.85 bits per heavy atom. The van der Waals surface area contributed by atoms with Crippen LogP contribution in [0, 0.1) is 0 Å². The number of imidazole rings is 1. The zero-order chi connectivity index (χ0) is 9.42. The molecule has 0 amide bonds. The Hall–Kier alpha value is -1.10. The first-order valence-electron chi connectivity index (χ1n) is 3.63. The third-order valence-electron chi connectivity index (χ3n) is 1.82. The molecule has 0 saturated carbocycles. The Kier molecular flexibility index (Phi) is 1.95. The van der Waals surface area contributed by atoms with Gasteiger partial charge in [-0.25, -0.2) is 13.8 Å². The number of alkyl halides is 2. The van der Waals surface area contributed by atoms with Crippen molar-refractivity contribution in [1.29, 1.82) is 0 Å². The van der Waals surface area contributed by atoms with E-state index >= 15 is 0 Å². The molecule has 0 spiro atoms. The number of fused-ring (bicyclic) bond motifs is 1. The van der Waals surface area contributed by atoms with Crippen LogP contribution in [0.4, 0.5) is 8.78 Å². The summed E-state index contributed by atoms with van der Waals surface area (Å²) >= 11 is 4.12. The minimum atomic E-state index is -2.50. The van der Waals surface area contributed by atoms with Crippen LogP contribution in [-0.2, 0) is 0 Å². The zero-order valence-electron chi connectivity index (χ0n) is 6.46. The number of hydrogen-bond donors (Lipinski definition) is 2. The third-order valence-corrected chi connectivity index (χ3v) is 2.20. The quantitative estimate of drug-likeness (QED) is 0.681. The van der Waals surface area contributed by atoms with E-state index in [2.05, 4.69) is 22.6 Å². The van der Waals surface area contributed by atoms with Gasteiger partial charge in [-0.05, 0) is 12.1 Å². The number of nitrogens with one attached hydrogen (secondary N) is 1. The smallest absolute Gasteiger partial charge is 0.266 e. The molecular weight excluding hydrogens is 194 g/mol. The van der Waals surface area contributed by atoms with Gasteiger partial charge in [0, 0.05) is 10.5 Å². The van der Waals surface area contributed by atoms with Crippen molar-refractivity contribution in [2.24, 2.45) is 0 Å². The van der Waals surface area contributed by atoms with Gasteiger partial charge in [0.25, 0.3) is 6.43 Å². The number of aromatic nitrogens is 2. The molecule has 1 aromatic heterocycles. The number of H-pyrrole nitrogens is 1. The highest BCUT2D eigenvalue weighted by Crippen LogP contribution is 2.28. The van der Waals surface area contributed by atoms with Crippen LogP contribution >= 0.6 is 12.6 Å². The second-order valence-corrected chi connectivity index (χ2v) is 3.08. The maximum atomic E-state index is 12.4. The lowest BCUT2D eigenvalue weighted by Crippen LogP contribution is -1.86. The van der Waals surface area contributed by atoms with Crippen molar-refractivity contribution in [2.75, 3.05) is 0 Å². The van der Waals surface area contributed by atoms with Crippen LogP contribution in [0.3, 0.4) is 0 Å². The Morgan fingerprint density at radius 1 is 1.38 bits per heavy atom. The van der Waals surface area contributed by atoms with E-state index in [1.807, 2.05) is 0 Å². The SMILES string of the molecule is FC(F)c1ccc(S)c2[nH]cnc12. The lowest BCUT2D eigenvalue weighted by atomic mass is 10.2. The number of benzene rings is 1. The summed E-state index contributed by atoms with van der Waals surface area (Å²) in [5.74, 6) is 0. The highest BCUT2D eigenvalue weighted by molar-refractivity contribution is 7.80. The van der Waals surface area contributed by atoms with E-state index in [9.17, 15) is 8.78 Å². The average Bonchev–Trinajstić information content (AvgIpc) is 2.53. The van der Waals surface area contributed by atoms with Crippen LogP contribution in [0.25, 0.3) is 11.0 Å². The van der Waals surface area contributed by atoms with Gasteiger partial charge in [0.2, 0.25) is 0 Å². The van der Waals surface area contributed by atoms with E-state index in [4.69, 9.17) is 0 Å². The summed E-state index contributed by atoms with van der Waals surface area (Å²) in [5.41, 5.74) is 0.790. The van der Waals surface area contributed by atoms with Gasteiger partial charge in [0.1, 0.15) is 0 Å². The fourth-order valence-corrected chi connectivity index (χ4v) is 1.46. The molecule has 0 atom stereocenters. The fourth-order valence-electron chi connectivity index (χ4n) is 1.22. The summed E-state index contributed by atoms with van der Waals surface area (Å²) in [5, 5.41) is 0. The van der Waals surface area contributed by atoms with E-state index in [-0.39, 0.29) is 5.56 Å². The molecular formula is C8H6F2N2S. The Morgan fingerprint density at radius 2 is 2.15 bits per heavy atom. The Labute approximate surface area is 78.4 Å². The summed E-state index contributed by atoms with van der Waals surface area (Å²) in [4.78, 5) is 7.20. The lowest BCUT2D eigenvalue weighted by Gasteiger charge is -2.01.